The van der Waals surface area contributed by atoms with E-state index in [2.05, 4.69) is 27.1 Å². The molecule has 1 aromatic carbocycles. The second kappa shape index (κ2) is 8.81. The zero-order valence-corrected chi connectivity index (χ0v) is 15.0. The first-order valence-corrected chi connectivity index (χ1v) is 9.31. The van der Waals surface area contributed by atoms with Gasteiger partial charge in [0.25, 0.3) is 0 Å². The van der Waals surface area contributed by atoms with E-state index in [9.17, 15) is 5.11 Å². The fourth-order valence-corrected chi connectivity index (χ4v) is 3.46. The van der Waals surface area contributed by atoms with Gasteiger partial charge in [-0.25, -0.2) is 9.97 Å². The number of phenols is 1. The number of rotatable bonds is 7. The predicted octanol–water partition coefficient (Wildman–Crippen LogP) is 2.94. The van der Waals surface area contributed by atoms with Gasteiger partial charge in [-0.2, -0.15) is 0 Å². The van der Waals surface area contributed by atoms with Crippen LogP contribution < -0.4 is 10.2 Å². The van der Waals surface area contributed by atoms with Crippen molar-refractivity contribution < 1.29 is 5.11 Å². The van der Waals surface area contributed by atoms with Gasteiger partial charge >= 0.3 is 0 Å². The molecule has 25 heavy (non-hydrogen) atoms. The maximum Gasteiger partial charge on any atom is 0.135 e. The maximum atomic E-state index is 9.33. The number of benzene rings is 1. The number of hydrogen-bond donors (Lipinski definition) is 2. The Kier molecular flexibility index (Phi) is 6.23. The molecule has 0 saturated carbocycles. The van der Waals surface area contributed by atoms with E-state index in [1.54, 1.807) is 18.5 Å². The molecule has 0 bridgehead atoms. The lowest BCUT2D eigenvalue weighted by molar-refractivity contribution is 0.415. The largest absolute Gasteiger partial charge is 0.508 e. The van der Waals surface area contributed by atoms with E-state index in [1.165, 1.54) is 11.1 Å². The van der Waals surface area contributed by atoms with Crippen molar-refractivity contribution in [3.05, 3.63) is 47.9 Å². The number of piperidine rings is 1. The van der Waals surface area contributed by atoms with Crippen LogP contribution in [0.15, 0.2) is 36.8 Å². The summed E-state index contributed by atoms with van der Waals surface area (Å²) in [5, 5.41) is 13.0. The fourth-order valence-electron chi connectivity index (χ4n) is 3.46. The molecule has 0 atom stereocenters. The number of aryl methyl sites for hydroxylation is 1. The van der Waals surface area contributed by atoms with Gasteiger partial charge in [-0.3, -0.25) is 0 Å². The third-order valence-corrected chi connectivity index (χ3v) is 4.86. The minimum atomic E-state index is 0.330. The van der Waals surface area contributed by atoms with Crippen molar-refractivity contribution in [1.82, 2.24) is 15.3 Å². The average molecular weight is 340 g/mol. The SMILES string of the molecule is CCCc1cncnc1N1CCC(NCCc2ccc(O)cc2)CC1. The van der Waals surface area contributed by atoms with Gasteiger partial charge in [-0.15, -0.1) is 0 Å². The Morgan fingerprint density at radius 3 is 2.64 bits per heavy atom. The average Bonchev–Trinajstić information content (AvgIpc) is 2.65. The second-order valence-electron chi connectivity index (χ2n) is 6.75. The van der Waals surface area contributed by atoms with E-state index >= 15 is 0 Å². The van der Waals surface area contributed by atoms with E-state index in [1.807, 2.05) is 18.3 Å². The second-order valence-corrected chi connectivity index (χ2v) is 6.75. The van der Waals surface area contributed by atoms with Gasteiger partial charge in [-0.05, 0) is 49.9 Å². The van der Waals surface area contributed by atoms with Crippen molar-refractivity contribution in [1.29, 1.82) is 0 Å². The molecule has 2 N–H and O–H groups in total. The van der Waals surface area contributed by atoms with Crippen LogP contribution in [0.3, 0.4) is 0 Å². The smallest absolute Gasteiger partial charge is 0.135 e. The van der Waals surface area contributed by atoms with Gasteiger partial charge < -0.3 is 15.3 Å². The topological polar surface area (TPSA) is 61.3 Å². The molecule has 1 aromatic heterocycles. The van der Waals surface area contributed by atoms with E-state index in [0.717, 1.165) is 57.6 Å². The van der Waals surface area contributed by atoms with Gasteiger partial charge in [0.15, 0.2) is 0 Å². The van der Waals surface area contributed by atoms with Gasteiger partial charge in [-0.1, -0.05) is 25.5 Å². The summed E-state index contributed by atoms with van der Waals surface area (Å²) >= 11 is 0. The molecule has 0 aliphatic carbocycles. The summed E-state index contributed by atoms with van der Waals surface area (Å²) in [7, 11) is 0. The van der Waals surface area contributed by atoms with Crippen molar-refractivity contribution >= 4 is 5.82 Å². The number of aromatic nitrogens is 2. The number of hydrogen-bond acceptors (Lipinski definition) is 5. The first-order valence-electron chi connectivity index (χ1n) is 9.31. The highest BCUT2D eigenvalue weighted by Gasteiger charge is 2.21. The molecular weight excluding hydrogens is 312 g/mol. The molecule has 1 saturated heterocycles. The maximum absolute atomic E-state index is 9.33. The lowest BCUT2D eigenvalue weighted by Crippen LogP contribution is -2.43. The summed E-state index contributed by atoms with van der Waals surface area (Å²) in [4.78, 5) is 11.1. The van der Waals surface area contributed by atoms with Gasteiger partial charge in [0.05, 0.1) is 0 Å². The number of nitrogens with zero attached hydrogens (tertiary/aromatic N) is 3. The highest BCUT2D eigenvalue weighted by Crippen LogP contribution is 2.22. The molecular formula is C20H28N4O. The first kappa shape index (κ1) is 17.7. The first-order chi connectivity index (χ1) is 12.3. The molecule has 5 nitrogen and oxygen atoms in total. The van der Waals surface area contributed by atoms with Crippen LogP contribution in [0.4, 0.5) is 5.82 Å². The van der Waals surface area contributed by atoms with Crippen LogP contribution in [-0.2, 0) is 12.8 Å². The number of nitrogens with one attached hydrogen (secondary N) is 1. The van der Waals surface area contributed by atoms with E-state index in [-0.39, 0.29) is 0 Å². The molecule has 134 valence electrons. The quantitative estimate of drug-likeness (QED) is 0.811. The van der Waals surface area contributed by atoms with Crippen molar-refractivity contribution in [3.8, 4) is 5.75 Å². The van der Waals surface area contributed by atoms with Crippen molar-refractivity contribution in [3.63, 3.8) is 0 Å². The standard InChI is InChI=1S/C20H28N4O/c1-2-3-17-14-21-15-23-20(17)24-12-9-18(10-13-24)22-11-8-16-4-6-19(25)7-5-16/h4-7,14-15,18,22,25H,2-3,8-13H2,1H3. The van der Waals surface area contributed by atoms with Crippen LogP contribution in [0.2, 0.25) is 0 Å². The molecule has 5 heteroatoms. The third-order valence-electron chi connectivity index (χ3n) is 4.86. The van der Waals surface area contributed by atoms with Crippen LogP contribution in [-0.4, -0.2) is 40.8 Å². The Labute approximate surface area is 150 Å². The third kappa shape index (κ3) is 4.92. The summed E-state index contributed by atoms with van der Waals surface area (Å²) in [6.45, 7) is 5.26. The Morgan fingerprint density at radius 1 is 1.16 bits per heavy atom. The Balaban J connectivity index is 1.45. The van der Waals surface area contributed by atoms with Crippen LogP contribution in [0.25, 0.3) is 0 Å². The summed E-state index contributed by atoms with van der Waals surface area (Å²) < 4.78 is 0. The fraction of sp³-hybridized carbons (Fsp3) is 0.500. The minimum Gasteiger partial charge on any atom is -0.508 e. The summed E-state index contributed by atoms with van der Waals surface area (Å²) in [6, 6.07) is 8.06. The normalized spacial score (nSPS) is 15.5. The molecule has 0 unspecified atom stereocenters. The Morgan fingerprint density at radius 2 is 1.92 bits per heavy atom. The molecule has 3 rings (SSSR count). The molecule has 1 aliphatic rings. The zero-order chi connectivity index (χ0) is 17.5. The van der Waals surface area contributed by atoms with Crippen LogP contribution in [0, 0.1) is 0 Å². The minimum absolute atomic E-state index is 0.330. The Hall–Kier alpha value is -2.14. The molecule has 0 amide bonds. The lowest BCUT2D eigenvalue weighted by atomic mass is 10.0. The lowest BCUT2D eigenvalue weighted by Gasteiger charge is -2.34. The highest BCUT2D eigenvalue weighted by molar-refractivity contribution is 5.46. The van der Waals surface area contributed by atoms with Crippen molar-refractivity contribution in [2.75, 3.05) is 24.5 Å². The van der Waals surface area contributed by atoms with Crippen molar-refractivity contribution in [2.45, 2.75) is 45.1 Å². The van der Waals surface area contributed by atoms with Crippen LogP contribution in [0.1, 0.15) is 37.3 Å². The molecule has 0 radical (unpaired) electrons. The number of aromatic hydroxyl groups is 1. The summed E-state index contributed by atoms with van der Waals surface area (Å²) in [5.74, 6) is 1.45. The van der Waals surface area contributed by atoms with E-state index in [4.69, 9.17) is 0 Å². The summed E-state index contributed by atoms with van der Waals surface area (Å²) in [5.41, 5.74) is 2.52. The van der Waals surface area contributed by atoms with Crippen LogP contribution >= 0.6 is 0 Å². The van der Waals surface area contributed by atoms with Crippen molar-refractivity contribution in [2.24, 2.45) is 0 Å². The van der Waals surface area contributed by atoms with Gasteiger partial charge in [0.2, 0.25) is 0 Å². The predicted molar refractivity (Wildman–Crippen MR) is 101 cm³/mol. The number of anilines is 1. The van der Waals surface area contributed by atoms with Gasteiger partial charge in [0, 0.05) is 30.9 Å². The monoisotopic (exact) mass is 340 g/mol. The van der Waals surface area contributed by atoms with Crippen LogP contribution in [0.5, 0.6) is 5.75 Å². The number of phenolic OH excluding ortho intramolecular Hbond substituents is 1. The molecule has 2 heterocycles. The molecule has 0 spiro atoms. The summed E-state index contributed by atoms with van der Waals surface area (Å²) in [6.07, 6.45) is 9.07. The Bertz CT molecular complexity index is 651. The van der Waals surface area contributed by atoms with E-state index < -0.39 is 0 Å². The van der Waals surface area contributed by atoms with E-state index in [0.29, 0.717) is 11.8 Å². The highest BCUT2D eigenvalue weighted by atomic mass is 16.3. The zero-order valence-electron chi connectivity index (χ0n) is 15.0. The molecule has 1 fully saturated rings. The molecule has 2 aromatic rings. The molecule has 1 aliphatic heterocycles. The van der Waals surface area contributed by atoms with Gasteiger partial charge in [0.1, 0.15) is 17.9 Å².